The molecule has 3 rings (SSSR count). The van der Waals surface area contributed by atoms with Gasteiger partial charge < -0.3 is 10.6 Å². The fourth-order valence-corrected chi connectivity index (χ4v) is 2.81. The van der Waals surface area contributed by atoms with Crippen molar-refractivity contribution < 1.29 is 9.59 Å². The van der Waals surface area contributed by atoms with Crippen LogP contribution in [0.25, 0.3) is 0 Å². The van der Waals surface area contributed by atoms with E-state index in [4.69, 9.17) is 23.2 Å². The molecule has 0 saturated heterocycles. The third kappa shape index (κ3) is 4.88. The number of halogens is 2. The highest BCUT2D eigenvalue weighted by Crippen LogP contribution is 2.25. The monoisotopic (exact) mass is 417 g/mol. The van der Waals surface area contributed by atoms with Gasteiger partial charge in [-0.2, -0.15) is 5.10 Å². The first-order valence-electron chi connectivity index (χ1n) is 8.43. The summed E-state index contributed by atoms with van der Waals surface area (Å²) in [6.07, 6.45) is 3.44. The van der Waals surface area contributed by atoms with Gasteiger partial charge in [0, 0.05) is 18.5 Å². The Morgan fingerprint density at radius 3 is 2.71 bits per heavy atom. The number of aromatic nitrogens is 3. The van der Waals surface area contributed by atoms with Crippen LogP contribution >= 0.6 is 23.2 Å². The lowest BCUT2D eigenvalue weighted by atomic mass is 10.2. The maximum Gasteiger partial charge on any atom is 0.253 e. The number of rotatable bonds is 6. The van der Waals surface area contributed by atoms with Gasteiger partial charge in [0.25, 0.3) is 5.91 Å². The summed E-state index contributed by atoms with van der Waals surface area (Å²) in [7, 11) is 0. The molecule has 2 amide bonds. The van der Waals surface area contributed by atoms with E-state index in [0.717, 1.165) is 5.69 Å². The third-order valence-corrected chi connectivity index (χ3v) is 4.70. The van der Waals surface area contributed by atoms with Gasteiger partial charge in [0.1, 0.15) is 6.04 Å². The van der Waals surface area contributed by atoms with Crippen LogP contribution in [0.15, 0.2) is 54.9 Å². The number of nitrogens with one attached hydrogen (secondary N) is 2. The average molecular weight is 418 g/mol. The Morgan fingerprint density at radius 1 is 1.14 bits per heavy atom. The van der Waals surface area contributed by atoms with Crippen LogP contribution in [0.2, 0.25) is 10.0 Å². The van der Waals surface area contributed by atoms with Gasteiger partial charge in [0.15, 0.2) is 5.82 Å². The zero-order valence-corrected chi connectivity index (χ0v) is 16.4. The molecule has 7 nitrogen and oxygen atoms in total. The van der Waals surface area contributed by atoms with Gasteiger partial charge in [-0.05, 0) is 31.2 Å². The molecule has 144 valence electrons. The molecule has 3 aromatic rings. The Hall–Kier alpha value is -2.90. The van der Waals surface area contributed by atoms with E-state index >= 15 is 0 Å². The molecule has 0 spiro atoms. The van der Waals surface area contributed by atoms with Crippen molar-refractivity contribution >= 4 is 40.8 Å². The maximum absolute atomic E-state index is 12.4. The van der Waals surface area contributed by atoms with E-state index in [9.17, 15) is 9.59 Å². The van der Waals surface area contributed by atoms with Gasteiger partial charge in [-0.3, -0.25) is 19.3 Å². The normalized spacial score (nSPS) is 11.7. The molecule has 1 unspecified atom stereocenters. The Balaban J connectivity index is 1.58. The topological polar surface area (TPSA) is 88.9 Å². The van der Waals surface area contributed by atoms with Gasteiger partial charge in [-0.15, -0.1) is 0 Å². The van der Waals surface area contributed by atoms with Gasteiger partial charge in [0.05, 0.1) is 27.8 Å². The number of hydrogen-bond donors (Lipinski definition) is 2. The second-order valence-electron chi connectivity index (χ2n) is 6.01. The van der Waals surface area contributed by atoms with E-state index in [1.165, 1.54) is 6.07 Å². The highest BCUT2D eigenvalue weighted by Gasteiger charge is 2.20. The summed E-state index contributed by atoms with van der Waals surface area (Å²) >= 11 is 12.0. The zero-order valence-electron chi connectivity index (χ0n) is 14.9. The molecule has 0 fully saturated rings. The molecule has 1 aromatic carbocycles. The highest BCUT2D eigenvalue weighted by atomic mass is 35.5. The number of amides is 2. The minimum absolute atomic E-state index is 0.141. The summed E-state index contributed by atoms with van der Waals surface area (Å²) in [5.41, 5.74) is 1.05. The quantitative estimate of drug-likeness (QED) is 0.642. The van der Waals surface area contributed by atoms with Crippen LogP contribution in [0.1, 0.15) is 23.0 Å². The van der Waals surface area contributed by atoms with E-state index in [1.54, 1.807) is 42.2 Å². The summed E-state index contributed by atoms with van der Waals surface area (Å²) in [6, 6.07) is 11.2. The predicted octanol–water partition coefficient (Wildman–Crippen LogP) is 3.39. The predicted molar refractivity (Wildman–Crippen MR) is 108 cm³/mol. The van der Waals surface area contributed by atoms with E-state index in [0.29, 0.717) is 12.4 Å². The largest absolute Gasteiger partial charge is 0.340 e. The number of anilines is 1. The SMILES string of the molecule is CC(NC(=O)c1cccc(Cl)c1Cl)C(=O)Nc1ccn(Cc2ccccn2)n1. The first-order chi connectivity index (χ1) is 13.4. The number of nitrogens with zero attached hydrogens (tertiary/aromatic N) is 3. The van der Waals surface area contributed by atoms with Gasteiger partial charge >= 0.3 is 0 Å². The third-order valence-electron chi connectivity index (χ3n) is 3.88. The zero-order chi connectivity index (χ0) is 20.1. The van der Waals surface area contributed by atoms with Crippen molar-refractivity contribution in [3.8, 4) is 0 Å². The van der Waals surface area contributed by atoms with Crippen molar-refractivity contribution in [1.29, 1.82) is 0 Å². The molecule has 2 heterocycles. The smallest absolute Gasteiger partial charge is 0.253 e. The maximum atomic E-state index is 12.4. The Morgan fingerprint density at radius 2 is 1.96 bits per heavy atom. The number of carbonyl (C=O) groups is 2. The molecule has 28 heavy (non-hydrogen) atoms. The fourth-order valence-electron chi connectivity index (χ4n) is 2.43. The summed E-state index contributed by atoms with van der Waals surface area (Å²) in [4.78, 5) is 28.9. The fraction of sp³-hybridized carbons (Fsp3) is 0.158. The lowest BCUT2D eigenvalue weighted by Gasteiger charge is -2.14. The first kappa shape index (κ1) is 19.9. The van der Waals surface area contributed by atoms with Crippen molar-refractivity contribution in [3.63, 3.8) is 0 Å². The number of benzene rings is 1. The van der Waals surface area contributed by atoms with E-state index < -0.39 is 17.9 Å². The molecule has 9 heteroatoms. The molecule has 0 aliphatic heterocycles. The molecule has 0 aliphatic rings. The van der Waals surface area contributed by atoms with Crippen molar-refractivity contribution in [2.24, 2.45) is 0 Å². The molecular weight excluding hydrogens is 401 g/mol. The lowest BCUT2D eigenvalue weighted by molar-refractivity contribution is -0.117. The van der Waals surface area contributed by atoms with Crippen LogP contribution < -0.4 is 10.6 Å². The molecule has 2 N–H and O–H groups in total. The Kier molecular flexibility index (Phi) is 6.28. The standard InChI is InChI=1S/C19H17Cl2N5O2/c1-12(23-19(28)14-6-4-7-15(20)17(14)21)18(27)24-16-8-10-26(25-16)11-13-5-2-3-9-22-13/h2-10,12H,11H2,1H3,(H,23,28)(H,24,25,27). The van der Waals surface area contributed by atoms with Crippen molar-refractivity contribution in [1.82, 2.24) is 20.1 Å². The number of hydrogen-bond acceptors (Lipinski definition) is 4. The summed E-state index contributed by atoms with van der Waals surface area (Å²) in [5, 5.41) is 9.95. The van der Waals surface area contributed by atoms with Gasteiger partial charge in [-0.1, -0.05) is 35.3 Å². The Labute approximate surface area is 171 Å². The van der Waals surface area contributed by atoms with E-state index in [2.05, 4.69) is 20.7 Å². The van der Waals surface area contributed by atoms with Crippen LogP contribution in [0.3, 0.4) is 0 Å². The van der Waals surface area contributed by atoms with Crippen LogP contribution in [-0.4, -0.2) is 32.6 Å². The Bertz CT molecular complexity index is 991. The molecule has 2 aromatic heterocycles. The summed E-state index contributed by atoms with van der Waals surface area (Å²) < 4.78 is 1.66. The minimum Gasteiger partial charge on any atom is -0.340 e. The van der Waals surface area contributed by atoms with Crippen molar-refractivity contribution in [2.75, 3.05) is 5.32 Å². The van der Waals surface area contributed by atoms with Crippen LogP contribution in [-0.2, 0) is 11.3 Å². The molecule has 0 radical (unpaired) electrons. The van der Waals surface area contributed by atoms with E-state index in [1.807, 2.05) is 18.2 Å². The second kappa shape index (κ2) is 8.86. The molecule has 0 saturated carbocycles. The highest BCUT2D eigenvalue weighted by molar-refractivity contribution is 6.43. The van der Waals surface area contributed by atoms with Gasteiger partial charge in [0.2, 0.25) is 5.91 Å². The average Bonchev–Trinajstić information content (AvgIpc) is 3.11. The molecular formula is C19H17Cl2N5O2. The molecule has 1 atom stereocenters. The number of carbonyl (C=O) groups excluding carboxylic acids is 2. The minimum atomic E-state index is -0.802. The number of pyridine rings is 1. The molecule has 0 aliphatic carbocycles. The van der Waals surface area contributed by atoms with Gasteiger partial charge in [-0.25, -0.2) is 0 Å². The second-order valence-corrected chi connectivity index (χ2v) is 6.79. The van der Waals surface area contributed by atoms with Crippen LogP contribution in [0, 0.1) is 0 Å². The summed E-state index contributed by atoms with van der Waals surface area (Å²) in [5.74, 6) is -0.520. The van der Waals surface area contributed by atoms with Crippen LogP contribution in [0.4, 0.5) is 5.82 Å². The van der Waals surface area contributed by atoms with Crippen LogP contribution in [0.5, 0.6) is 0 Å². The van der Waals surface area contributed by atoms with E-state index in [-0.39, 0.29) is 15.6 Å². The first-order valence-corrected chi connectivity index (χ1v) is 9.18. The molecule has 0 bridgehead atoms. The van der Waals surface area contributed by atoms with Crippen molar-refractivity contribution in [3.05, 3.63) is 76.2 Å². The lowest BCUT2D eigenvalue weighted by Crippen LogP contribution is -2.41. The van der Waals surface area contributed by atoms with Crippen molar-refractivity contribution in [2.45, 2.75) is 19.5 Å². The summed E-state index contributed by atoms with van der Waals surface area (Å²) in [6.45, 7) is 2.05.